The number of pyridine rings is 1. The van der Waals surface area contributed by atoms with E-state index in [-0.39, 0.29) is 21.3 Å². The van der Waals surface area contributed by atoms with Crippen molar-refractivity contribution in [2.24, 2.45) is 0 Å². The second-order valence-electron chi connectivity index (χ2n) is 5.77. The number of anilines is 1. The van der Waals surface area contributed by atoms with E-state index >= 15 is 0 Å². The number of carbonyl (C=O) groups is 2. The first-order valence-electron chi connectivity index (χ1n) is 7.62. The van der Waals surface area contributed by atoms with E-state index in [0.717, 1.165) is 6.26 Å². The molecule has 27 heavy (non-hydrogen) atoms. The van der Waals surface area contributed by atoms with E-state index in [1.165, 1.54) is 37.4 Å². The Hall–Kier alpha value is -2.16. The van der Waals surface area contributed by atoms with Crippen LogP contribution in [0.1, 0.15) is 22.8 Å². The van der Waals surface area contributed by atoms with Crippen molar-refractivity contribution in [3.05, 3.63) is 51.6 Å². The highest BCUT2D eigenvalue weighted by Crippen LogP contribution is 2.23. The maximum Gasteiger partial charge on any atom is 0.339 e. The summed E-state index contributed by atoms with van der Waals surface area (Å²) in [7, 11) is -3.49. The molecular weight excluding hydrogens is 415 g/mol. The van der Waals surface area contributed by atoms with E-state index in [0.29, 0.717) is 10.6 Å². The second kappa shape index (κ2) is 8.24. The summed E-state index contributed by atoms with van der Waals surface area (Å²) in [4.78, 5) is 28.4. The van der Waals surface area contributed by atoms with E-state index in [1.54, 1.807) is 6.92 Å². The van der Waals surface area contributed by atoms with Crippen LogP contribution in [0.2, 0.25) is 10.0 Å². The molecule has 1 atom stereocenters. The van der Waals surface area contributed by atoms with E-state index < -0.39 is 27.8 Å². The number of ether oxygens (including phenoxy) is 1. The quantitative estimate of drug-likeness (QED) is 0.729. The monoisotopic (exact) mass is 430 g/mol. The number of aryl methyl sites for hydroxylation is 1. The zero-order chi connectivity index (χ0) is 20.4. The summed E-state index contributed by atoms with van der Waals surface area (Å²) in [6.07, 6.45) is 1.17. The highest BCUT2D eigenvalue weighted by molar-refractivity contribution is 7.90. The molecule has 0 spiro atoms. The molecule has 1 N–H and O–H groups in total. The minimum atomic E-state index is -3.49. The molecule has 0 aliphatic carbocycles. The minimum Gasteiger partial charge on any atom is -0.449 e. The molecule has 0 saturated heterocycles. The molecule has 1 aromatic heterocycles. The van der Waals surface area contributed by atoms with E-state index in [1.807, 2.05) is 0 Å². The van der Waals surface area contributed by atoms with Gasteiger partial charge in [-0.1, -0.05) is 29.3 Å². The van der Waals surface area contributed by atoms with Crippen molar-refractivity contribution in [1.82, 2.24) is 4.98 Å². The predicted octanol–water partition coefficient (Wildman–Crippen LogP) is 3.28. The Morgan fingerprint density at radius 1 is 1.22 bits per heavy atom. The molecule has 0 fully saturated rings. The normalized spacial score (nSPS) is 12.3. The molecular formula is C17H16Cl2N2O5S. The van der Waals surface area contributed by atoms with Gasteiger partial charge in [0.25, 0.3) is 5.91 Å². The van der Waals surface area contributed by atoms with Gasteiger partial charge in [-0.05, 0) is 37.6 Å². The molecule has 1 heterocycles. The first kappa shape index (κ1) is 21.1. The Balaban J connectivity index is 2.14. The van der Waals surface area contributed by atoms with Crippen molar-refractivity contribution in [1.29, 1.82) is 0 Å². The largest absolute Gasteiger partial charge is 0.449 e. The van der Waals surface area contributed by atoms with E-state index in [2.05, 4.69) is 10.3 Å². The van der Waals surface area contributed by atoms with Gasteiger partial charge in [-0.3, -0.25) is 4.79 Å². The first-order valence-corrected chi connectivity index (χ1v) is 10.3. The number of nitrogens with one attached hydrogen (secondary N) is 1. The van der Waals surface area contributed by atoms with Crippen LogP contribution in [0.25, 0.3) is 0 Å². The molecule has 10 heteroatoms. The highest BCUT2D eigenvalue weighted by Gasteiger charge is 2.22. The summed E-state index contributed by atoms with van der Waals surface area (Å²) in [6, 6.07) is 5.51. The number of nitrogens with zero attached hydrogens (tertiary/aromatic N) is 1. The Labute approximate surface area is 166 Å². The van der Waals surface area contributed by atoms with Crippen LogP contribution in [0.3, 0.4) is 0 Å². The Morgan fingerprint density at radius 3 is 2.48 bits per heavy atom. The Kier molecular flexibility index (Phi) is 6.46. The lowest BCUT2D eigenvalue weighted by Gasteiger charge is -2.15. The summed E-state index contributed by atoms with van der Waals surface area (Å²) >= 11 is 11.7. The molecule has 1 unspecified atom stereocenters. The molecule has 0 aliphatic heterocycles. The fourth-order valence-electron chi connectivity index (χ4n) is 2.05. The average Bonchev–Trinajstić information content (AvgIpc) is 2.56. The molecule has 1 amide bonds. The summed E-state index contributed by atoms with van der Waals surface area (Å²) < 4.78 is 28.5. The Morgan fingerprint density at radius 2 is 1.89 bits per heavy atom. The third-order valence-corrected chi connectivity index (χ3v) is 5.16. The number of aromatic nitrogens is 1. The van der Waals surface area contributed by atoms with Crippen LogP contribution in [0.4, 0.5) is 5.82 Å². The van der Waals surface area contributed by atoms with Gasteiger partial charge < -0.3 is 10.1 Å². The summed E-state index contributed by atoms with van der Waals surface area (Å²) in [5.74, 6) is -1.41. The summed E-state index contributed by atoms with van der Waals surface area (Å²) in [5.41, 5.74) is 0.572. The van der Waals surface area contributed by atoms with Crippen molar-refractivity contribution in [2.45, 2.75) is 24.8 Å². The number of halogens is 2. The van der Waals surface area contributed by atoms with Gasteiger partial charge in [-0.2, -0.15) is 0 Å². The molecule has 0 radical (unpaired) electrons. The summed E-state index contributed by atoms with van der Waals surface area (Å²) in [6.45, 7) is 3.00. The third kappa shape index (κ3) is 5.41. The van der Waals surface area contributed by atoms with Crippen molar-refractivity contribution in [3.8, 4) is 0 Å². The zero-order valence-corrected chi connectivity index (χ0v) is 16.9. The van der Waals surface area contributed by atoms with Crippen LogP contribution in [0.5, 0.6) is 0 Å². The van der Waals surface area contributed by atoms with Gasteiger partial charge in [-0.15, -0.1) is 0 Å². The van der Waals surface area contributed by atoms with Crippen molar-refractivity contribution in [2.75, 3.05) is 11.6 Å². The molecule has 144 valence electrons. The van der Waals surface area contributed by atoms with Gasteiger partial charge in [0, 0.05) is 12.5 Å². The molecule has 7 nitrogen and oxygen atoms in total. The average molecular weight is 431 g/mol. The van der Waals surface area contributed by atoms with Crippen molar-refractivity contribution >= 4 is 50.7 Å². The lowest BCUT2D eigenvalue weighted by atomic mass is 10.1. The smallest absolute Gasteiger partial charge is 0.339 e. The first-order chi connectivity index (χ1) is 12.5. The maximum absolute atomic E-state index is 12.4. The van der Waals surface area contributed by atoms with Crippen LogP contribution >= 0.6 is 23.2 Å². The SMILES string of the molecule is Cc1ccc(S(C)(=O)=O)cc1C(=O)OC(C)C(=O)Nc1ncc(Cl)cc1Cl. The van der Waals surface area contributed by atoms with Gasteiger partial charge in [0.15, 0.2) is 21.8 Å². The summed E-state index contributed by atoms with van der Waals surface area (Å²) in [5, 5.41) is 2.87. The van der Waals surface area contributed by atoms with E-state index in [9.17, 15) is 18.0 Å². The number of esters is 1. The van der Waals surface area contributed by atoms with E-state index in [4.69, 9.17) is 27.9 Å². The fraction of sp³-hybridized carbons (Fsp3) is 0.235. The zero-order valence-electron chi connectivity index (χ0n) is 14.6. The number of rotatable bonds is 5. The number of benzene rings is 1. The predicted molar refractivity (Wildman–Crippen MR) is 102 cm³/mol. The molecule has 1 aromatic carbocycles. The van der Waals surface area contributed by atoms with Crippen LogP contribution in [0.15, 0.2) is 35.4 Å². The van der Waals surface area contributed by atoms with Crippen LogP contribution in [-0.2, 0) is 19.4 Å². The number of hydrogen-bond donors (Lipinski definition) is 1. The standard InChI is InChI=1S/C17H16Cl2N2O5S/c1-9-4-5-12(27(3,24)25)7-13(9)17(23)26-10(2)16(22)21-15-14(19)6-11(18)8-20-15/h4-8,10H,1-3H3,(H,20,21,22). The lowest BCUT2D eigenvalue weighted by Crippen LogP contribution is -2.30. The molecule has 0 bridgehead atoms. The van der Waals surface area contributed by atoms with Gasteiger partial charge >= 0.3 is 5.97 Å². The molecule has 2 rings (SSSR count). The van der Waals surface area contributed by atoms with Crippen LogP contribution in [0, 0.1) is 6.92 Å². The van der Waals surface area contributed by atoms with Gasteiger partial charge in [-0.25, -0.2) is 18.2 Å². The molecule has 2 aromatic rings. The number of hydrogen-bond acceptors (Lipinski definition) is 6. The highest BCUT2D eigenvalue weighted by atomic mass is 35.5. The number of amides is 1. The number of carbonyl (C=O) groups excluding carboxylic acids is 2. The fourth-order valence-corrected chi connectivity index (χ4v) is 3.13. The Bertz CT molecular complexity index is 1010. The van der Waals surface area contributed by atoms with Gasteiger partial charge in [0.1, 0.15) is 0 Å². The molecule has 0 saturated carbocycles. The number of sulfone groups is 1. The second-order valence-corrected chi connectivity index (χ2v) is 8.63. The minimum absolute atomic E-state index is 0.0192. The van der Waals surface area contributed by atoms with Crippen LogP contribution in [-0.4, -0.2) is 37.6 Å². The van der Waals surface area contributed by atoms with Crippen LogP contribution < -0.4 is 5.32 Å². The lowest BCUT2D eigenvalue weighted by molar-refractivity contribution is -0.123. The third-order valence-electron chi connectivity index (χ3n) is 3.56. The van der Waals surface area contributed by atoms with Crippen molar-refractivity contribution in [3.63, 3.8) is 0 Å². The van der Waals surface area contributed by atoms with Crippen molar-refractivity contribution < 1.29 is 22.7 Å². The maximum atomic E-state index is 12.4. The topological polar surface area (TPSA) is 102 Å². The molecule has 0 aliphatic rings. The van der Waals surface area contributed by atoms with Gasteiger partial charge in [0.05, 0.1) is 20.5 Å². The van der Waals surface area contributed by atoms with Gasteiger partial charge in [0.2, 0.25) is 0 Å².